The van der Waals surface area contributed by atoms with Gasteiger partial charge in [0.15, 0.2) is 0 Å². The SMILES string of the molecule is C/C(=N\OC(=O)Nc1ccccc1)c1cccc(/C(C)=N/OC(=O)Nc2ccccc2)n1. The fraction of sp³-hybridized carbons (Fsp3) is 0.0870. The number of nitrogens with one attached hydrogen (secondary N) is 2. The summed E-state index contributed by atoms with van der Waals surface area (Å²) in [6, 6.07) is 22.9. The van der Waals surface area contributed by atoms with Crippen molar-refractivity contribution in [3.8, 4) is 0 Å². The Hall–Kier alpha value is -4.53. The summed E-state index contributed by atoms with van der Waals surface area (Å²) in [5, 5.41) is 12.8. The van der Waals surface area contributed by atoms with E-state index < -0.39 is 12.2 Å². The molecule has 3 aromatic rings. The molecule has 0 aliphatic heterocycles. The number of para-hydroxylation sites is 2. The van der Waals surface area contributed by atoms with Crippen LogP contribution in [0.15, 0.2) is 89.2 Å². The molecular formula is C23H21N5O4. The first-order chi connectivity index (χ1) is 15.5. The van der Waals surface area contributed by atoms with E-state index in [0.29, 0.717) is 34.2 Å². The molecule has 0 spiro atoms. The number of hydrogen-bond donors (Lipinski definition) is 2. The second-order valence-corrected chi connectivity index (χ2v) is 6.50. The van der Waals surface area contributed by atoms with Crippen LogP contribution < -0.4 is 10.6 Å². The minimum atomic E-state index is -0.720. The number of oxime groups is 2. The van der Waals surface area contributed by atoms with E-state index in [2.05, 4.69) is 25.9 Å². The van der Waals surface area contributed by atoms with Crippen molar-refractivity contribution >= 4 is 35.0 Å². The number of carbonyl (C=O) groups excluding carboxylic acids is 2. The summed E-state index contributed by atoms with van der Waals surface area (Å²) in [5.41, 5.74) is 2.88. The van der Waals surface area contributed by atoms with Crippen LogP contribution in [-0.4, -0.2) is 28.6 Å². The second kappa shape index (κ2) is 11.0. The molecule has 2 amide bonds. The second-order valence-electron chi connectivity index (χ2n) is 6.50. The van der Waals surface area contributed by atoms with E-state index in [1.165, 1.54) is 0 Å². The maximum atomic E-state index is 11.9. The number of aromatic nitrogens is 1. The average molecular weight is 431 g/mol. The van der Waals surface area contributed by atoms with E-state index in [4.69, 9.17) is 9.68 Å². The summed E-state index contributed by atoms with van der Waals surface area (Å²) in [6.07, 6.45) is -1.44. The van der Waals surface area contributed by atoms with Gasteiger partial charge in [-0.05, 0) is 50.2 Å². The van der Waals surface area contributed by atoms with Crippen molar-refractivity contribution in [2.75, 3.05) is 10.6 Å². The molecule has 162 valence electrons. The van der Waals surface area contributed by atoms with Crippen LogP contribution in [-0.2, 0) is 9.68 Å². The van der Waals surface area contributed by atoms with Crippen LogP contribution in [0.4, 0.5) is 21.0 Å². The molecule has 9 nitrogen and oxygen atoms in total. The van der Waals surface area contributed by atoms with Gasteiger partial charge in [0.25, 0.3) is 0 Å². The van der Waals surface area contributed by atoms with Crippen molar-refractivity contribution in [3.05, 3.63) is 90.3 Å². The van der Waals surface area contributed by atoms with Gasteiger partial charge < -0.3 is 0 Å². The Morgan fingerprint density at radius 3 is 1.47 bits per heavy atom. The lowest BCUT2D eigenvalue weighted by atomic mass is 10.2. The first-order valence-corrected chi connectivity index (χ1v) is 9.64. The molecule has 0 bridgehead atoms. The van der Waals surface area contributed by atoms with E-state index in [9.17, 15) is 9.59 Å². The van der Waals surface area contributed by atoms with Crippen molar-refractivity contribution < 1.29 is 19.3 Å². The van der Waals surface area contributed by atoms with Crippen LogP contribution in [0.3, 0.4) is 0 Å². The first-order valence-electron chi connectivity index (χ1n) is 9.64. The predicted octanol–water partition coefficient (Wildman–Crippen LogP) is 5.03. The smallest absolute Gasteiger partial charge is 0.297 e. The maximum Gasteiger partial charge on any atom is 0.437 e. The fourth-order valence-electron chi connectivity index (χ4n) is 2.48. The number of benzene rings is 2. The molecule has 0 atom stereocenters. The third-order valence-electron chi connectivity index (χ3n) is 4.06. The molecule has 0 radical (unpaired) electrons. The highest BCUT2D eigenvalue weighted by molar-refractivity contribution is 6.01. The van der Waals surface area contributed by atoms with Gasteiger partial charge >= 0.3 is 12.2 Å². The van der Waals surface area contributed by atoms with Gasteiger partial charge in [0.05, 0.1) is 11.4 Å². The lowest BCUT2D eigenvalue weighted by Gasteiger charge is -2.05. The Kier molecular flexibility index (Phi) is 7.63. The summed E-state index contributed by atoms with van der Waals surface area (Å²) in [6.45, 7) is 3.30. The predicted molar refractivity (Wildman–Crippen MR) is 122 cm³/mol. The van der Waals surface area contributed by atoms with Gasteiger partial charge in [0.2, 0.25) is 0 Å². The molecule has 0 saturated heterocycles. The van der Waals surface area contributed by atoms with Crippen LogP contribution in [0.5, 0.6) is 0 Å². The quantitative estimate of drug-likeness (QED) is 0.323. The molecule has 3 rings (SSSR count). The summed E-state index contributed by atoms with van der Waals surface area (Å²) in [5.74, 6) is 0. The van der Waals surface area contributed by atoms with Crippen molar-refractivity contribution in [1.82, 2.24) is 4.98 Å². The maximum absolute atomic E-state index is 11.9. The minimum absolute atomic E-state index is 0.380. The Labute approximate surface area is 184 Å². The number of nitrogens with zero attached hydrogens (tertiary/aromatic N) is 3. The van der Waals surface area contributed by atoms with Gasteiger partial charge in [-0.2, -0.15) is 0 Å². The van der Waals surface area contributed by atoms with Crippen molar-refractivity contribution in [3.63, 3.8) is 0 Å². The lowest BCUT2D eigenvalue weighted by molar-refractivity contribution is 0.165. The zero-order valence-electron chi connectivity index (χ0n) is 17.5. The van der Waals surface area contributed by atoms with Crippen molar-refractivity contribution in [2.24, 2.45) is 10.3 Å². The zero-order valence-corrected chi connectivity index (χ0v) is 17.5. The molecule has 0 aliphatic rings. The van der Waals surface area contributed by atoms with Gasteiger partial charge in [0.1, 0.15) is 11.4 Å². The van der Waals surface area contributed by atoms with Crippen LogP contribution in [0.1, 0.15) is 25.2 Å². The molecule has 0 fully saturated rings. The minimum Gasteiger partial charge on any atom is -0.297 e. The largest absolute Gasteiger partial charge is 0.437 e. The molecule has 32 heavy (non-hydrogen) atoms. The molecule has 2 N–H and O–H groups in total. The van der Waals surface area contributed by atoms with E-state index in [1.54, 1.807) is 80.6 Å². The highest BCUT2D eigenvalue weighted by atomic mass is 16.7. The van der Waals surface area contributed by atoms with E-state index in [-0.39, 0.29) is 0 Å². The van der Waals surface area contributed by atoms with Crippen LogP contribution in [0.2, 0.25) is 0 Å². The van der Waals surface area contributed by atoms with Crippen LogP contribution in [0, 0.1) is 0 Å². The van der Waals surface area contributed by atoms with E-state index >= 15 is 0 Å². The Morgan fingerprint density at radius 2 is 1.06 bits per heavy atom. The highest BCUT2D eigenvalue weighted by Crippen LogP contribution is 2.08. The van der Waals surface area contributed by atoms with Crippen molar-refractivity contribution in [2.45, 2.75) is 13.8 Å². The van der Waals surface area contributed by atoms with Gasteiger partial charge in [0, 0.05) is 11.4 Å². The third-order valence-corrected chi connectivity index (χ3v) is 4.06. The summed E-state index contributed by atoms with van der Waals surface area (Å²) in [4.78, 5) is 37.9. The third kappa shape index (κ3) is 6.77. The normalized spacial score (nSPS) is 11.4. The van der Waals surface area contributed by atoms with E-state index in [0.717, 1.165) is 0 Å². The standard InChI is InChI=1S/C23H21N5O4/c1-16(27-31-22(29)24-18-10-5-3-6-11-18)20-14-9-15-21(26-20)17(2)28-32-23(30)25-19-12-7-4-8-13-19/h3-15H,1-2H3,(H,24,29)(H,25,30)/b27-16+,28-17+. The number of carbonyl (C=O) groups is 2. The zero-order chi connectivity index (χ0) is 22.8. The molecule has 1 heterocycles. The first kappa shape index (κ1) is 22.2. The van der Waals surface area contributed by atoms with Gasteiger partial charge in [-0.3, -0.25) is 20.3 Å². The lowest BCUT2D eigenvalue weighted by Crippen LogP contribution is -2.13. The van der Waals surface area contributed by atoms with Crippen LogP contribution in [0.25, 0.3) is 0 Å². The summed E-state index contributed by atoms with van der Waals surface area (Å²) < 4.78 is 0. The van der Waals surface area contributed by atoms with Gasteiger partial charge in [-0.15, -0.1) is 0 Å². The van der Waals surface area contributed by atoms with Crippen LogP contribution >= 0.6 is 0 Å². The molecule has 9 heteroatoms. The number of pyridine rings is 1. The molecule has 0 unspecified atom stereocenters. The Morgan fingerprint density at radius 1 is 0.656 bits per heavy atom. The summed E-state index contributed by atoms with van der Waals surface area (Å²) in [7, 11) is 0. The van der Waals surface area contributed by atoms with E-state index in [1.807, 2.05) is 12.1 Å². The average Bonchev–Trinajstić information content (AvgIpc) is 2.82. The molecular weight excluding hydrogens is 410 g/mol. The summed E-state index contributed by atoms with van der Waals surface area (Å²) >= 11 is 0. The topological polar surface area (TPSA) is 114 Å². The molecule has 2 aromatic carbocycles. The number of rotatable bonds is 6. The number of amides is 2. The molecule has 1 aromatic heterocycles. The Balaban J connectivity index is 1.59. The molecule has 0 aliphatic carbocycles. The number of anilines is 2. The van der Waals surface area contributed by atoms with Gasteiger partial charge in [-0.25, -0.2) is 14.6 Å². The molecule has 0 saturated carbocycles. The highest BCUT2D eigenvalue weighted by Gasteiger charge is 2.08. The Bertz CT molecular complexity index is 1040. The number of hydrogen-bond acceptors (Lipinski definition) is 7. The fourth-order valence-corrected chi connectivity index (χ4v) is 2.48. The van der Waals surface area contributed by atoms with Gasteiger partial charge in [-0.1, -0.05) is 52.8 Å². The van der Waals surface area contributed by atoms with Crippen molar-refractivity contribution in [1.29, 1.82) is 0 Å². The monoisotopic (exact) mass is 431 g/mol.